The fraction of sp³-hybridized carbons (Fsp3) is 0.765. The number of carbonyl (C=O) groups excluding carboxylic acids is 1. The van der Waals surface area contributed by atoms with E-state index in [9.17, 15) is 4.79 Å². The Kier molecular flexibility index (Phi) is 9.11. The molecule has 26 heavy (non-hydrogen) atoms. The SMILES string of the molecule is Cc1ncc(CN2CCN(C(=O)C3CC34CCNCC4)CC2)s1.Cl.Cl.Cl. The second kappa shape index (κ2) is 9.89. The summed E-state index contributed by atoms with van der Waals surface area (Å²) in [6.07, 6.45) is 5.50. The fourth-order valence-electron chi connectivity index (χ4n) is 4.22. The zero-order chi connectivity index (χ0) is 15.9. The molecular weight excluding hydrogens is 415 g/mol. The molecule has 1 spiro atoms. The highest BCUT2D eigenvalue weighted by atomic mass is 35.5. The average molecular weight is 444 g/mol. The third kappa shape index (κ3) is 5.03. The van der Waals surface area contributed by atoms with Gasteiger partial charge in [-0.3, -0.25) is 9.69 Å². The largest absolute Gasteiger partial charge is 0.340 e. The summed E-state index contributed by atoms with van der Waals surface area (Å²) in [5.41, 5.74) is 0.361. The number of piperidine rings is 1. The van der Waals surface area contributed by atoms with E-state index in [0.717, 1.165) is 57.2 Å². The highest BCUT2D eigenvalue weighted by Gasteiger charge is 2.58. The van der Waals surface area contributed by atoms with Gasteiger partial charge in [-0.05, 0) is 44.7 Å². The first-order valence-electron chi connectivity index (χ1n) is 8.79. The molecule has 2 aliphatic heterocycles. The molecule has 1 saturated carbocycles. The Balaban J connectivity index is 0.00000113. The van der Waals surface area contributed by atoms with Gasteiger partial charge in [0.2, 0.25) is 5.91 Å². The average Bonchev–Trinajstić information content (AvgIpc) is 3.09. The van der Waals surface area contributed by atoms with Gasteiger partial charge in [-0.25, -0.2) is 4.98 Å². The molecule has 1 amide bonds. The first kappa shape index (κ1) is 23.9. The number of rotatable bonds is 3. The lowest BCUT2D eigenvalue weighted by atomic mass is 9.91. The van der Waals surface area contributed by atoms with Gasteiger partial charge in [-0.2, -0.15) is 0 Å². The van der Waals surface area contributed by atoms with Crippen LogP contribution in [0.2, 0.25) is 0 Å². The predicted molar refractivity (Wildman–Crippen MR) is 113 cm³/mol. The summed E-state index contributed by atoms with van der Waals surface area (Å²) in [5, 5.41) is 4.55. The van der Waals surface area contributed by atoms with Crippen LogP contribution in [0.3, 0.4) is 0 Å². The first-order valence-corrected chi connectivity index (χ1v) is 9.61. The van der Waals surface area contributed by atoms with E-state index in [1.807, 2.05) is 6.20 Å². The minimum Gasteiger partial charge on any atom is -0.340 e. The van der Waals surface area contributed by atoms with E-state index in [1.165, 1.54) is 17.7 Å². The number of thiazole rings is 1. The number of halogens is 3. The molecule has 1 unspecified atom stereocenters. The number of hydrogen-bond acceptors (Lipinski definition) is 5. The molecular formula is C17H29Cl3N4OS. The summed E-state index contributed by atoms with van der Waals surface area (Å²) in [4.78, 5) is 23.0. The van der Waals surface area contributed by atoms with Crippen LogP contribution in [-0.4, -0.2) is 60.0 Å². The molecule has 5 nitrogen and oxygen atoms in total. The van der Waals surface area contributed by atoms with Crippen LogP contribution in [0, 0.1) is 18.3 Å². The molecule has 0 bridgehead atoms. The van der Waals surface area contributed by atoms with Crippen molar-refractivity contribution in [1.82, 2.24) is 20.1 Å². The number of nitrogens with one attached hydrogen (secondary N) is 1. The first-order chi connectivity index (χ1) is 11.2. The van der Waals surface area contributed by atoms with Gasteiger partial charge in [-0.1, -0.05) is 0 Å². The Bertz CT molecular complexity index is 586. The lowest BCUT2D eigenvalue weighted by Gasteiger charge is -2.35. The van der Waals surface area contributed by atoms with Gasteiger partial charge in [0.15, 0.2) is 0 Å². The Morgan fingerprint density at radius 1 is 1.23 bits per heavy atom. The summed E-state index contributed by atoms with van der Waals surface area (Å²) in [5.74, 6) is 0.750. The molecule has 150 valence electrons. The van der Waals surface area contributed by atoms with E-state index >= 15 is 0 Å². The molecule has 4 rings (SSSR count). The van der Waals surface area contributed by atoms with Crippen molar-refractivity contribution < 1.29 is 4.79 Å². The summed E-state index contributed by atoms with van der Waals surface area (Å²) in [6, 6.07) is 0. The second-order valence-corrected chi connectivity index (χ2v) is 8.64. The predicted octanol–water partition coefficient (Wildman–Crippen LogP) is 2.75. The van der Waals surface area contributed by atoms with Gasteiger partial charge in [0.25, 0.3) is 0 Å². The number of aryl methyl sites for hydroxylation is 1. The normalized spacial score (nSPS) is 24.2. The van der Waals surface area contributed by atoms with Crippen LogP contribution in [0.1, 0.15) is 29.1 Å². The van der Waals surface area contributed by atoms with Crippen molar-refractivity contribution in [1.29, 1.82) is 0 Å². The number of aromatic nitrogens is 1. The van der Waals surface area contributed by atoms with Gasteiger partial charge in [0.1, 0.15) is 0 Å². The highest BCUT2D eigenvalue weighted by Crippen LogP contribution is 2.59. The van der Waals surface area contributed by atoms with Gasteiger partial charge in [0.05, 0.1) is 5.01 Å². The molecule has 0 aromatic carbocycles. The second-order valence-electron chi connectivity index (χ2n) is 7.32. The number of amides is 1. The standard InChI is InChI=1S/C17H26N4OS.3ClH/c1-13-19-11-14(23-13)12-20-6-8-21(9-7-20)16(22)15-10-17(15)2-4-18-5-3-17;;;/h11,15,18H,2-10,12H2,1H3;3*1H. The number of carbonyl (C=O) groups is 1. The quantitative estimate of drug-likeness (QED) is 0.780. The van der Waals surface area contributed by atoms with Crippen molar-refractivity contribution in [2.45, 2.75) is 32.7 Å². The van der Waals surface area contributed by atoms with E-state index in [0.29, 0.717) is 17.2 Å². The molecule has 1 aliphatic carbocycles. The Labute approximate surface area is 178 Å². The molecule has 0 radical (unpaired) electrons. The molecule has 1 aromatic rings. The molecule has 1 N–H and O–H groups in total. The van der Waals surface area contributed by atoms with Crippen LogP contribution in [0.15, 0.2) is 6.20 Å². The minimum absolute atomic E-state index is 0. The molecule has 3 aliphatic rings. The van der Waals surface area contributed by atoms with Crippen molar-refractivity contribution in [3.63, 3.8) is 0 Å². The summed E-state index contributed by atoms with van der Waals surface area (Å²) < 4.78 is 0. The van der Waals surface area contributed by atoms with Crippen LogP contribution >= 0.6 is 48.6 Å². The Hall–Kier alpha value is -0.110. The van der Waals surface area contributed by atoms with E-state index in [1.54, 1.807) is 11.3 Å². The lowest BCUT2D eigenvalue weighted by Crippen LogP contribution is -2.49. The molecule has 1 atom stereocenters. The lowest BCUT2D eigenvalue weighted by molar-refractivity contribution is -0.135. The van der Waals surface area contributed by atoms with Crippen LogP contribution in [0.25, 0.3) is 0 Å². The zero-order valence-electron chi connectivity index (χ0n) is 15.1. The van der Waals surface area contributed by atoms with Crippen molar-refractivity contribution in [2.75, 3.05) is 39.3 Å². The maximum atomic E-state index is 12.8. The maximum Gasteiger partial charge on any atom is 0.226 e. The topological polar surface area (TPSA) is 48.5 Å². The third-order valence-electron chi connectivity index (χ3n) is 5.82. The molecule has 1 aromatic heterocycles. The maximum absolute atomic E-state index is 12.8. The van der Waals surface area contributed by atoms with E-state index in [2.05, 4.69) is 27.0 Å². The van der Waals surface area contributed by atoms with Crippen LogP contribution in [0.5, 0.6) is 0 Å². The summed E-state index contributed by atoms with van der Waals surface area (Å²) in [6.45, 7) is 8.97. The van der Waals surface area contributed by atoms with E-state index in [-0.39, 0.29) is 37.2 Å². The molecule has 3 heterocycles. The van der Waals surface area contributed by atoms with Crippen molar-refractivity contribution in [2.24, 2.45) is 11.3 Å². The summed E-state index contributed by atoms with van der Waals surface area (Å²) in [7, 11) is 0. The van der Waals surface area contributed by atoms with E-state index in [4.69, 9.17) is 0 Å². The number of nitrogens with zero attached hydrogens (tertiary/aromatic N) is 3. The Morgan fingerprint density at radius 2 is 1.88 bits per heavy atom. The number of piperazine rings is 1. The Morgan fingerprint density at radius 3 is 2.46 bits per heavy atom. The van der Waals surface area contributed by atoms with Crippen molar-refractivity contribution >= 4 is 54.5 Å². The van der Waals surface area contributed by atoms with Gasteiger partial charge in [-0.15, -0.1) is 48.6 Å². The van der Waals surface area contributed by atoms with Crippen molar-refractivity contribution in [3.05, 3.63) is 16.1 Å². The minimum atomic E-state index is 0. The van der Waals surface area contributed by atoms with Crippen LogP contribution in [-0.2, 0) is 11.3 Å². The molecule has 9 heteroatoms. The smallest absolute Gasteiger partial charge is 0.226 e. The zero-order valence-corrected chi connectivity index (χ0v) is 18.4. The highest BCUT2D eigenvalue weighted by molar-refractivity contribution is 7.11. The van der Waals surface area contributed by atoms with Gasteiger partial charge >= 0.3 is 0 Å². The van der Waals surface area contributed by atoms with Crippen LogP contribution < -0.4 is 5.32 Å². The van der Waals surface area contributed by atoms with Gasteiger partial charge in [0, 0.05) is 49.7 Å². The van der Waals surface area contributed by atoms with E-state index < -0.39 is 0 Å². The monoisotopic (exact) mass is 442 g/mol. The summed E-state index contributed by atoms with van der Waals surface area (Å²) >= 11 is 1.78. The van der Waals surface area contributed by atoms with Crippen LogP contribution in [0.4, 0.5) is 0 Å². The molecule has 3 fully saturated rings. The van der Waals surface area contributed by atoms with Crippen molar-refractivity contribution in [3.8, 4) is 0 Å². The molecule has 2 saturated heterocycles. The third-order valence-corrected chi connectivity index (χ3v) is 6.72. The fourth-order valence-corrected chi connectivity index (χ4v) is 5.06. The number of hydrogen-bond donors (Lipinski definition) is 1. The van der Waals surface area contributed by atoms with Gasteiger partial charge < -0.3 is 10.2 Å².